The molecule has 2 heteroatoms. The number of aromatic nitrogens is 1. The molecule has 1 aliphatic carbocycles. The van der Waals surface area contributed by atoms with E-state index in [0.717, 1.165) is 18.6 Å². The topological polar surface area (TPSA) is 26.0 Å². The SMILES string of the molecule is CCCCc1cc2c(cc1C(=Cc1ccno1)CC)C(C)(C)C(C)C2(C)C. The fourth-order valence-electron chi connectivity index (χ4n) is 4.79. The Balaban J connectivity index is 2.20. The maximum absolute atomic E-state index is 5.37. The Morgan fingerprint density at radius 1 is 1.11 bits per heavy atom. The molecule has 0 bridgehead atoms. The molecular formula is C25H35NO. The Morgan fingerprint density at radius 2 is 1.78 bits per heavy atom. The lowest BCUT2D eigenvalue weighted by molar-refractivity contribution is 0.264. The number of benzene rings is 1. The summed E-state index contributed by atoms with van der Waals surface area (Å²) in [6.07, 6.45) is 8.45. The number of nitrogens with zero attached hydrogens (tertiary/aromatic N) is 1. The van der Waals surface area contributed by atoms with Crippen molar-refractivity contribution in [3.63, 3.8) is 0 Å². The summed E-state index contributed by atoms with van der Waals surface area (Å²) in [6.45, 7) is 16.6. The highest BCUT2D eigenvalue weighted by molar-refractivity contribution is 5.82. The van der Waals surface area contributed by atoms with Crippen molar-refractivity contribution >= 4 is 11.6 Å². The average Bonchev–Trinajstić information content (AvgIpc) is 3.19. The molecule has 146 valence electrons. The van der Waals surface area contributed by atoms with Gasteiger partial charge in [0, 0.05) is 6.07 Å². The third-order valence-electron chi connectivity index (χ3n) is 7.10. The van der Waals surface area contributed by atoms with E-state index in [1.54, 1.807) is 11.8 Å². The van der Waals surface area contributed by atoms with Gasteiger partial charge in [0.1, 0.15) is 0 Å². The summed E-state index contributed by atoms with van der Waals surface area (Å²) in [4.78, 5) is 0. The molecule has 0 N–H and O–H groups in total. The van der Waals surface area contributed by atoms with Gasteiger partial charge in [-0.2, -0.15) is 0 Å². The zero-order chi connectivity index (χ0) is 19.8. The molecule has 3 rings (SSSR count). The van der Waals surface area contributed by atoms with Gasteiger partial charge in [0.2, 0.25) is 0 Å². The van der Waals surface area contributed by atoms with Crippen LogP contribution >= 0.6 is 0 Å². The van der Waals surface area contributed by atoms with Crippen molar-refractivity contribution in [1.29, 1.82) is 0 Å². The second-order valence-electron chi connectivity index (χ2n) is 9.26. The summed E-state index contributed by atoms with van der Waals surface area (Å²) >= 11 is 0. The molecule has 0 aliphatic heterocycles. The predicted molar refractivity (Wildman–Crippen MR) is 115 cm³/mol. The minimum absolute atomic E-state index is 0.182. The van der Waals surface area contributed by atoms with Crippen molar-refractivity contribution in [2.45, 2.75) is 85.0 Å². The van der Waals surface area contributed by atoms with Crippen molar-refractivity contribution in [2.24, 2.45) is 5.92 Å². The third kappa shape index (κ3) is 3.39. The molecule has 2 aromatic rings. The highest BCUT2D eigenvalue weighted by Crippen LogP contribution is 2.54. The fraction of sp³-hybridized carbons (Fsp3) is 0.560. The Morgan fingerprint density at radius 3 is 2.33 bits per heavy atom. The first kappa shape index (κ1) is 19.9. The maximum Gasteiger partial charge on any atom is 0.159 e. The summed E-state index contributed by atoms with van der Waals surface area (Å²) in [6, 6.07) is 6.95. The van der Waals surface area contributed by atoms with E-state index in [4.69, 9.17) is 4.52 Å². The Kier molecular flexibility index (Phi) is 5.38. The lowest BCUT2D eigenvalue weighted by Crippen LogP contribution is -2.30. The molecule has 1 aromatic heterocycles. The molecule has 1 unspecified atom stereocenters. The maximum atomic E-state index is 5.37. The van der Waals surface area contributed by atoms with E-state index in [1.807, 2.05) is 6.07 Å². The summed E-state index contributed by atoms with van der Waals surface area (Å²) in [7, 11) is 0. The Bertz CT molecular complexity index is 824. The molecule has 0 saturated heterocycles. The number of fused-ring (bicyclic) bond motifs is 1. The molecule has 0 fully saturated rings. The van der Waals surface area contributed by atoms with Crippen LogP contribution in [0, 0.1) is 5.92 Å². The fourth-order valence-corrected chi connectivity index (χ4v) is 4.79. The van der Waals surface area contributed by atoms with Crippen molar-refractivity contribution in [1.82, 2.24) is 5.16 Å². The molecular weight excluding hydrogens is 330 g/mol. The monoisotopic (exact) mass is 365 g/mol. The molecule has 0 radical (unpaired) electrons. The van der Waals surface area contributed by atoms with Gasteiger partial charge in [-0.1, -0.05) is 72.2 Å². The summed E-state index contributed by atoms with van der Waals surface area (Å²) in [5.74, 6) is 1.44. The largest absolute Gasteiger partial charge is 0.357 e. The van der Waals surface area contributed by atoms with Crippen LogP contribution in [0.1, 0.15) is 95.7 Å². The van der Waals surface area contributed by atoms with Crippen LogP contribution in [0.2, 0.25) is 0 Å². The number of aryl methyl sites for hydroxylation is 1. The molecule has 1 heterocycles. The zero-order valence-corrected chi connectivity index (χ0v) is 18.1. The molecule has 0 amide bonds. The van der Waals surface area contributed by atoms with Crippen molar-refractivity contribution in [3.05, 3.63) is 52.4 Å². The first-order chi connectivity index (χ1) is 12.7. The number of hydrogen-bond donors (Lipinski definition) is 0. The van der Waals surface area contributed by atoms with Gasteiger partial charge in [-0.15, -0.1) is 0 Å². The van der Waals surface area contributed by atoms with Crippen LogP contribution in [0.5, 0.6) is 0 Å². The van der Waals surface area contributed by atoms with Gasteiger partial charge >= 0.3 is 0 Å². The van der Waals surface area contributed by atoms with Crippen LogP contribution in [0.4, 0.5) is 0 Å². The van der Waals surface area contributed by atoms with Crippen LogP contribution < -0.4 is 0 Å². The lowest BCUT2D eigenvalue weighted by atomic mass is 9.71. The van der Waals surface area contributed by atoms with Gasteiger partial charge in [-0.25, -0.2) is 0 Å². The minimum atomic E-state index is 0.182. The molecule has 1 aliphatic rings. The van der Waals surface area contributed by atoms with E-state index in [9.17, 15) is 0 Å². The number of hydrogen-bond acceptors (Lipinski definition) is 2. The van der Waals surface area contributed by atoms with Crippen molar-refractivity contribution < 1.29 is 4.52 Å². The second-order valence-corrected chi connectivity index (χ2v) is 9.26. The first-order valence-corrected chi connectivity index (χ1v) is 10.5. The normalized spacial score (nSPS) is 20.7. The van der Waals surface area contributed by atoms with E-state index in [0.29, 0.717) is 5.92 Å². The van der Waals surface area contributed by atoms with Gasteiger partial charge in [0.05, 0.1) is 6.20 Å². The third-order valence-corrected chi connectivity index (χ3v) is 7.10. The molecule has 2 nitrogen and oxygen atoms in total. The van der Waals surface area contributed by atoms with Crippen LogP contribution in [0.3, 0.4) is 0 Å². The van der Waals surface area contributed by atoms with E-state index in [-0.39, 0.29) is 10.8 Å². The average molecular weight is 366 g/mol. The van der Waals surface area contributed by atoms with Gasteiger partial charge in [0.25, 0.3) is 0 Å². The number of rotatable bonds is 6. The van der Waals surface area contributed by atoms with Gasteiger partial charge < -0.3 is 4.52 Å². The quantitative estimate of drug-likeness (QED) is 0.542. The van der Waals surface area contributed by atoms with Gasteiger partial charge in [-0.05, 0) is 69.9 Å². The Hall–Kier alpha value is -1.83. The molecule has 0 spiro atoms. The van der Waals surface area contributed by atoms with Crippen molar-refractivity contribution in [2.75, 3.05) is 0 Å². The van der Waals surface area contributed by atoms with Crippen LogP contribution in [0.25, 0.3) is 11.6 Å². The van der Waals surface area contributed by atoms with E-state index in [1.165, 1.54) is 35.1 Å². The minimum Gasteiger partial charge on any atom is -0.357 e. The van der Waals surface area contributed by atoms with E-state index < -0.39 is 0 Å². The molecule has 0 saturated carbocycles. The smallest absolute Gasteiger partial charge is 0.159 e. The van der Waals surface area contributed by atoms with Crippen LogP contribution in [0.15, 0.2) is 28.9 Å². The van der Waals surface area contributed by atoms with Gasteiger partial charge in [-0.3, -0.25) is 0 Å². The van der Waals surface area contributed by atoms with E-state index in [2.05, 4.69) is 71.8 Å². The highest BCUT2D eigenvalue weighted by atomic mass is 16.5. The zero-order valence-electron chi connectivity index (χ0n) is 18.1. The predicted octanol–water partition coefficient (Wildman–Crippen LogP) is 7.17. The van der Waals surface area contributed by atoms with Crippen LogP contribution in [-0.2, 0) is 17.3 Å². The highest BCUT2D eigenvalue weighted by Gasteiger charge is 2.48. The molecule has 1 atom stereocenters. The second kappa shape index (κ2) is 7.30. The molecule has 27 heavy (non-hydrogen) atoms. The number of unbranched alkanes of at least 4 members (excludes halogenated alkanes) is 1. The summed E-state index contributed by atoms with van der Waals surface area (Å²) in [5, 5.41) is 3.87. The van der Waals surface area contributed by atoms with Gasteiger partial charge in [0.15, 0.2) is 5.76 Å². The van der Waals surface area contributed by atoms with E-state index >= 15 is 0 Å². The first-order valence-electron chi connectivity index (χ1n) is 10.5. The lowest BCUT2D eigenvalue weighted by Gasteiger charge is -2.32. The van der Waals surface area contributed by atoms with Crippen LogP contribution in [-0.4, -0.2) is 5.16 Å². The van der Waals surface area contributed by atoms with Crippen molar-refractivity contribution in [3.8, 4) is 0 Å². The molecule has 1 aromatic carbocycles. The Labute approximate surface area is 165 Å². The standard InChI is InChI=1S/C25H35NO/c1-8-10-11-19-15-22-23(25(6,7)17(3)24(22,4)5)16-21(19)18(9-2)14-20-12-13-26-27-20/h12-17H,8-11H2,1-7H3. The summed E-state index contributed by atoms with van der Waals surface area (Å²) in [5.41, 5.74) is 7.69. The summed E-state index contributed by atoms with van der Waals surface area (Å²) < 4.78 is 5.37. The number of allylic oxidation sites excluding steroid dienone is 1.